The van der Waals surface area contributed by atoms with E-state index in [1.54, 1.807) is 7.11 Å². The van der Waals surface area contributed by atoms with E-state index < -0.39 is 0 Å². The first-order chi connectivity index (χ1) is 7.72. The normalized spacial score (nSPS) is 25.4. The summed E-state index contributed by atoms with van der Waals surface area (Å²) in [7, 11) is 1.60. The van der Waals surface area contributed by atoms with Crippen LogP contribution in [0.4, 0.5) is 0 Å². The molecule has 1 heterocycles. The van der Waals surface area contributed by atoms with Crippen LogP contribution in [0.1, 0.15) is 19.8 Å². The standard InChI is InChI=1S/C11H21NO4/c1-9-7-10(3-4-16-9)12-11(13)8-15-6-5-14-2/h9-10H,3-8H2,1-2H3,(H,12,13). The van der Waals surface area contributed by atoms with Gasteiger partial charge in [-0.3, -0.25) is 4.79 Å². The lowest BCUT2D eigenvalue weighted by atomic mass is 10.0. The average molecular weight is 231 g/mol. The van der Waals surface area contributed by atoms with Gasteiger partial charge < -0.3 is 19.5 Å². The van der Waals surface area contributed by atoms with Crippen LogP contribution in [0.25, 0.3) is 0 Å². The lowest BCUT2D eigenvalue weighted by Crippen LogP contribution is -2.42. The van der Waals surface area contributed by atoms with Gasteiger partial charge in [0.05, 0.1) is 19.3 Å². The smallest absolute Gasteiger partial charge is 0.246 e. The Morgan fingerprint density at radius 1 is 1.50 bits per heavy atom. The summed E-state index contributed by atoms with van der Waals surface area (Å²) in [6.07, 6.45) is 1.99. The minimum Gasteiger partial charge on any atom is -0.382 e. The first-order valence-electron chi connectivity index (χ1n) is 5.70. The fraction of sp³-hybridized carbons (Fsp3) is 0.909. The molecule has 2 atom stereocenters. The van der Waals surface area contributed by atoms with Crippen molar-refractivity contribution in [2.24, 2.45) is 0 Å². The molecule has 1 amide bonds. The van der Waals surface area contributed by atoms with Gasteiger partial charge in [-0.15, -0.1) is 0 Å². The van der Waals surface area contributed by atoms with Gasteiger partial charge in [0.25, 0.3) is 0 Å². The highest BCUT2D eigenvalue weighted by atomic mass is 16.5. The molecule has 0 aromatic heterocycles. The molecule has 1 aliphatic heterocycles. The number of methoxy groups -OCH3 is 1. The maximum atomic E-state index is 11.5. The Balaban J connectivity index is 2.08. The number of carbonyl (C=O) groups excluding carboxylic acids is 1. The molecule has 0 saturated carbocycles. The van der Waals surface area contributed by atoms with Crippen molar-refractivity contribution < 1.29 is 19.0 Å². The lowest BCUT2D eigenvalue weighted by Gasteiger charge is -2.27. The average Bonchev–Trinajstić information content (AvgIpc) is 2.24. The molecule has 0 bridgehead atoms. The van der Waals surface area contributed by atoms with Gasteiger partial charge in [0.1, 0.15) is 6.61 Å². The predicted molar refractivity (Wildman–Crippen MR) is 59.3 cm³/mol. The maximum absolute atomic E-state index is 11.5. The van der Waals surface area contributed by atoms with E-state index in [4.69, 9.17) is 14.2 Å². The largest absolute Gasteiger partial charge is 0.382 e. The van der Waals surface area contributed by atoms with Gasteiger partial charge in [0, 0.05) is 19.8 Å². The number of amides is 1. The minimum atomic E-state index is -0.0600. The van der Waals surface area contributed by atoms with Crippen molar-refractivity contribution >= 4 is 5.91 Å². The van der Waals surface area contributed by atoms with E-state index in [-0.39, 0.29) is 24.7 Å². The number of hydrogen-bond acceptors (Lipinski definition) is 4. The molecule has 1 aliphatic rings. The van der Waals surface area contributed by atoms with Crippen LogP contribution in [0.5, 0.6) is 0 Å². The van der Waals surface area contributed by atoms with Crippen LogP contribution < -0.4 is 5.32 Å². The third-order valence-electron chi connectivity index (χ3n) is 2.52. The first kappa shape index (κ1) is 13.4. The number of carbonyl (C=O) groups is 1. The fourth-order valence-electron chi connectivity index (χ4n) is 1.71. The third kappa shape index (κ3) is 5.44. The number of rotatable bonds is 6. The fourth-order valence-corrected chi connectivity index (χ4v) is 1.71. The Hall–Kier alpha value is -0.650. The van der Waals surface area contributed by atoms with Crippen molar-refractivity contribution in [3.63, 3.8) is 0 Å². The Morgan fingerprint density at radius 3 is 3.00 bits per heavy atom. The summed E-state index contributed by atoms with van der Waals surface area (Å²) in [4.78, 5) is 11.5. The van der Waals surface area contributed by atoms with Crippen molar-refractivity contribution in [3.8, 4) is 0 Å². The molecule has 0 aliphatic carbocycles. The predicted octanol–water partition coefficient (Wildman–Crippen LogP) is 0.333. The molecule has 1 rings (SSSR count). The molecule has 0 radical (unpaired) electrons. The molecular formula is C11H21NO4. The van der Waals surface area contributed by atoms with Crippen LogP contribution in [-0.2, 0) is 19.0 Å². The van der Waals surface area contributed by atoms with Gasteiger partial charge in [-0.2, -0.15) is 0 Å². The summed E-state index contributed by atoms with van der Waals surface area (Å²) < 4.78 is 15.4. The molecule has 0 aromatic carbocycles. The summed E-state index contributed by atoms with van der Waals surface area (Å²) in [5.41, 5.74) is 0. The monoisotopic (exact) mass is 231 g/mol. The van der Waals surface area contributed by atoms with Gasteiger partial charge >= 0.3 is 0 Å². The van der Waals surface area contributed by atoms with Crippen LogP contribution in [0.2, 0.25) is 0 Å². The van der Waals surface area contributed by atoms with Crippen molar-refractivity contribution in [2.45, 2.75) is 31.9 Å². The van der Waals surface area contributed by atoms with Crippen LogP contribution in [0.3, 0.4) is 0 Å². The number of ether oxygens (including phenoxy) is 3. The van der Waals surface area contributed by atoms with Crippen LogP contribution in [-0.4, -0.2) is 51.6 Å². The van der Waals surface area contributed by atoms with E-state index in [2.05, 4.69) is 5.32 Å². The zero-order valence-corrected chi connectivity index (χ0v) is 10.0. The minimum absolute atomic E-state index is 0.0600. The molecule has 0 spiro atoms. The topological polar surface area (TPSA) is 56.8 Å². The summed E-state index contributed by atoms with van der Waals surface area (Å²) >= 11 is 0. The lowest BCUT2D eigenvalue weighted by molar-refractivity contribution is -0.127. The summed E-state index contributed by atoms with van der Waals surface area (Å²) in [6, 6.07) is 0.224. The second-order valence-electron chi connectivity index (χ2n) is 4.02. The van der Waals surface area contributed by atoms with Crippen LogP contribution in [0, 0.1) is 0 Å². The van der Waals surface area contributed by atoms with Gasteiger partial charge in [0.2, 0.25) is 5.91 Å². The van der Waals surface area contributed by atoms with Crippen LogP contribution >= 0.6 is 0 Å². The molecule has 1 fully saturated rings. The summed E-state index contributed by atoms with van der Waals surface area (Å²) in [5.74, 6) is -0.0600. The molecule has 16 heavy (non-hydrogen) atoms. The van der Waals surface area contributed by atoms with E-state index in [0.717, 1.165) is 19.4 Å². The quantitative estimate of drug-likeness (QED) is 0.669. The number of hydrogen-bond donors (Lipinski definition) is 1. The molecule has 1 N–H and O–H groups in total. The van der Waals surface area contributed by atoms with Crippen molar-refractivity contribution in [1.29, 1.82) is 0 Å². The second-order valence-corrected chi connectivity index (χ2v) is 4.02. The molecule has 5 nitrogen and oxygen atoms in total. The molecule has 94 valence electrons. The number of nitrogens with one attached hydrogen (secondary N) is 1. The highest BCUT2D eigenvalue weighted by Crippen LogP contribution is 2.12. The van der Waals surface area contributed by atoms with Gasteiger partial charge in [-0.05, 0) is 19.8 Å². The van der Waals surface area contributed by atoms with Gasteiger partial charge in [-0.25, -0.2) is 0 Å². The first-order valence-corrected chi connectivity index (χ1v) is 5.70. The Bertz CT molecular complexity index is 210. The second kappa shape index (κ2) is 7.60. The molecule has 0 aromatic rings. The zero-order chi connectivity index (χ0) is 11.8. The maximum Gasteiger partial charge on any atom is 0.246 e. The Morgan fingerprint density at radius 2 is 2.31 bits per heavy atom. The molecule has 2 unspecified atom stereocenters. The van der Waals surface area contributed by atoms with E-state index in [1.807, 2.05) is 6.92 Å². The van der Waals surface area contributed by atoms with Crippen LogP contribution in [0.15, 0.2) is 0 Å². The van der Waals surface area contributed by atoms with E-state index >= 15 is 0 Å². The van der Waals surface area contributed by atoms with Gasteiger partial charge in [0.15, 0.2) is 0 Å². The van der Waals surface area contributed by atoms with Crippen molar-refractivity contribution in [3.05, 3.63) is 0 Å². The summed E-state index contributed by atoms with van der Waals surface area (Å²) in [6.45, 7) is 3.81. The SMILES string of the molecule is COCCOCC(=O)NC1CCOC(C)C1. The molecular weight excluding hydrogens is 210 g/mol. The van der Waals surface area contributed by atoms with Crippen molar-refractivity contribution in [2.75, 3.05) is 33.5 Å². The molecule has 1 saturated heterocycles. The van der Waals surface area contributed by atoms with E-state index in [0.29, 0.717) is 13.2 Å². The Kier molecular flexibility index (Phi) is 6.37. The highest BCUT2D eigenvalue weighted by Gasteiger charge is 2.20. The van der Waals surface area contributed by atoms with Gasteiger partial charge in [-0.1, -0.05) is 0 Å². The third-order valence-corrected chi connectivity index (χ3v) is 2.52. The van der Waals surface area contributed by atoms with E-state index in [9.17, 15) is 4.79 Å². The Labute approximate surface area is 96.4 Å². The van der Waals surface area contributed by atoms with E-state index in [1.165, 1.54) is 0 Å². The molecule has 5 heteroatoms. The zero-order valence-electron chi connectivity index (χ0n) is 10.0. The highest BCUT2D eigenvalue weighted by molar-refractivity contribution is 5.77. The van der Waals surface area contributed by atoms with Crippen molar-refractivity contribution in [1.82, 2.24) is 5.32 Å². The summed E-state index contributed by atoms with van der Waals surface area (Å²) in [5, 5.41) is 2.94.